The van der Waals surface area contributed by atoms with E-state index in [-0.39, 0.29) is 5.69 Å². The maximum Gasteiger partial charge on any atom is 0.269 e. The van der Waals surface area contributed by atoms with E-state index >= 15 is 0 Å². The van der Waals surface area contributed by atoms with Crippen LogP contribution in [0.4, 0.5) is 11.4 Å². The van der Waals surface area contributed by atoms with Gasteiger partial charge in [-0.05, 0) is 73.0 Å². The first-order valence-electron chi connectivity index (χ1n) is 9.43. The SMILES string of the molecule is Cc1ccc2oc(-c3cccc(N=CC=Cc4ccc([N+](=O)[O-])cc4)c3C)nc2c1. The van der Waals surface area contributed by atoms with Gasteiger partial charge < -0.3 is 4.42 Å². The molecule has 3 aromatic carbocycles. The fourth-order valence-corrected chi connectivity index (χ4v) is 3.13. The Bertz CT molecular complexity index is 1290. The molecule has 0 saturated heterocycles. The Morgan fingerprint density at radius 3 is 2.63 bits per heavy atom. The molecule has 0 unspecified atom stereocenters. The first-order chi connectivity index (χ1) is 14.5. The molecular weight excluding hydrogens is 378 g/mol. The van der Waals surface area contributed by atoms with Crippen molar-refractivity contribution in [2.75, 3.05) is 0 Å². The molecule has 0 aliphatic rings. The third-order valence-electron chi connectivity index (χ3n) is 4.77. The van der Waals surface area contributed by atoms with Crippen molar-refractivity contribution in [2.45, 2.75) is 13.8 Å². The zero-order valence-electron chi connectivity index (χ0n) is 16.6. The van der Waals surface area contributed by atoms with Crippen LogP contribution in [0.15, 0.2) is 76.1 Å². The maximum absolute atomic E-state index is 10.7. The average molecular weight is 397 g/mol. The molecule has 4 rings (SSSR count). The number of nitro benzene ring substituents is 1. The van der Waals surface area contributed by atoms with Crippen LogP contribution in [0.2, 0.25) is 0 Å². The molecule has 0 atom stereocenters. The number of oxazole rings is 1. The standard InChI is InChI=1S/C24H19N3O3/c1-16-8-13-23-22(15-16)26-24(30-23)20-6-3-7-21(17(20)2)25-14-4-5-18-9-11-19(12-10-18)27(28)29/h3-15H,1-2H3. The number of benzene rings is 3. The Balaban J connectivity index is 1.55. The third kappa shape index (κ3) is 4.03. The van der Waals surface area contributed by atoms with Gasteiger partial charge in [-0.2, -0.15) is 0 Å². The van der Waals surface area contributed by atoms with Crippen LogP contribution in [0.1, 0.15) is 16.7 Å². The Kier molecular flexibility index (Phi) is 5.22. The molecule has 0 amide bonds. The number of rotatable bonds is 5. The van der Waals surface area contributed by atoms with Crippen LogP contribution in [0.3, 0.4) is 0 Å². The minimum absolute atomic E-state index is 0.0719. The lowest BCUT2D eigenvalue weighted by atomic mass is 10.1. The second kappa shape index (κ2) is 8.13. The number of hydrogen-bond acceptors (Lipinski definition) is 5. The Morgan fingerprint density at radius 1 is 1.07 bits per heavy atom. The Labute approximate surface area is 173 Å². The summed E-state index contributed by atoms with van der Waals surface area (Å²) in [6, 6.07) is 18.1. The monoisotopic (exact) mass is 397 g/mol. The van der Waals surface area contributed by atoms with Crippen molar-refractivity contribution in [3.05, 3.63) is 93.5 Å². The second-order valence-corrected chi connectivity index (χ2v) is 6.93. The first kappa shape index (κ1) is 19.3. The number of allylic oxidation sites excluding steroid dienone is 1. The number of aliphatic imine (C=N–C) groups is 1. The minimum atomic E-state index is -0.414. The fourth-order valence-electron chi connectivity index (χ4n) is 3.13. The van der Waals surface area contributed by atoms with Gasteiger partial charge in [0.1, 0.15) is 5.52 Å². The van der Waals surface area contributed by atoms with E-state index < -0.39 is 4.92 Å². The van der Waals surface area contributed by atoms with Gasteiger partial charge >= 0.3 is 0 Å². The van der Waals surface area contributed by atoms with Crippen LogP contribution in [0.5, 0.6) is 0 Å². The van der Waals surface area contributed by atoms with Gasteiger partial charge in [0, 0.05) is 23.9 Å². The molecule has 30 heavy (non-hydrogen) atoms. The van der Waals surface area contributed by atoms with Crippen molar-refractivity contribution < 1.29 is 9.34 Å². The number of non-ortho nitro benzene ring substituents is 1. The average Bonchev–Trinajstić information content (AvgIpc) is 3.15. The van der Waals surface area contributed by atoms with E-state index in [0.717, 1.165) is 39.0 Å². The van der Waals surface area contributed by atoms with Crippen molar-refractivity contribution >= 4 is 34.8 Å². The van der Waals surface area contributed by atoms with Crippen LogP contribution >= 0.6 is 0 Å². The molecule has 1 aromatic heterocycles. The highest BCUT2D eigenvalue weighted by Gasteiger charge is 2.12. The summed E-state index contributed by atoms with van der Waals surface area (Å²) in [5.74, 6) is 0.576. The van der Waals surface area contributed by atoms with Crippen LogP contribution in [0.25, 0.3) is 28.6 Å². The van der Waals surface area contributed by atoms with E-state index in [4.69, 9.17) is 4.42 Å². The quantitative estimate of drug-likeness (QED) is 0.220. The molecule has 1 heterocycles. The third-order valence-corrected chi connectivity index (χ3v) is 4.77. The van der Waals surface area contributed by atoms with Gasteiger partial charge in [-0.25, -0.2) is 4.98 Å². The van der Waals surface area contributed by atoms with Crippen LogP contribution < -0.4 is 0 Å². The molecule has 0 bridgehead atoms. The maximum atomic E-state index is 10.7. The fraction of sp³-hybridized carbons (Fsp3) is 0.0833. The molecule has 4 aromatic rings. The predicted octanol–water partition coefficient (Wildman–Crippen LogP) is 6.44. The molecule has 0 fully saturated rings. The summed E-state index contributed by atoms with van der Waals surface area (Å²) in [5, 5.41) is 10.7. The molecule has 0 aliphatic heterocycles. The number of nitrogens with zero attached hydrogens (tertiary/aromatic N) is 3. The number of fused-ring (bicyclic) bond motifs is 1. The van der Waals surface area contributed by atoms with Gasteiger partial charge in [0.05, 0.1) is 10.6 Å². The van der Waals surface area contributed by atoms with Gasteiger partial charge in [0.25, 0.3) is 5.69 Å². The van der Waals surface area contributed by atoms with Crippen molar-refractivity contribution in [3.8, 4) is 11.5 Å². The number of nitro groups is 1. The van der Waals surface area contributed by atoms with E-state index in [2.05, 4.69) is 9.98 Å². The van der Waals surface area contributed by atoms with Gasteiger partial charge in [0.2, 0.25) is 5.89 Å². The van der Waals surface area contributed by atoms with Gasteiger partial charge in [-0.15, -0.1) is 0 Å². The number of hydrogen-bond donors (Lipinski definition) is 0. The van der Waals surface area contributed by atoms with E-state index in [0.29, 0.717) is 5.89 Å². The molecular formula is C24H19N3O3. The van der Waals surface area contributed by atoms with Gasteiger partial charge in [-0.3, -0.25) is 15.1 Å². The summed E-state index contributed by atoms with van der Waals surface area (Å²) in [6.45, 7) is 4.01. The molecule has 0 radical (unpaired) electrons. The first-order valence-corrected chi connectivity index (χ1v) is 9.43. The van der Waals surface area contributed by atoms with Crippen molar-refractivity contribution in [2.24, 2.45) is 4.99 Å². The molecule has 6 heteroatoms. The summed E-state index contributed by atoms with van der Waals surface area (Å²) in [7, 11) is 0. The largest absolute Gasteiger partial charge is 0.436 e. The smallest absolute Gasteiger partial charge is 0.269 e. The van der Waals surface area contributed by atoms with Gasteiger partial charge in [-0.1, -0.05) is 18.2 Å². The van der Waals surface area contributed by atoms with E-state index in [1.807, 2.05) is 56.3 Å². The Hall–Kier alpha value is -4.06. The van der Waals surface area contributed by atoms with E-state index in [1.54, 1.807) is 24.4 Å². The van der Waals surface area contributed by atoms with E-state index in [9.17, 15) is 10.1 Å². The molecule has 0 aliphatic carbocycles. The van der Waals surface area contributed by atoms with Crippen LogP contribution in [-0.2, 0) is 0 Å². The molecule has 0 N–H and O–H groups in total. The zero-order chi connectivity index (χ0) is 21.1. The lowest BCUT2D eigenvalue weighted by molar-refractivity contribution is -0.384. The molecule has 0 saturated carbocycles. The summed E-state index contributed by atoms with van der Waals surface area (Å²) in [4.78, 5) is 19.5. The highest BCUT2D eigenvalue weighted by molar-refractivity contribution is 5.83. The topological polar surface area (TPSA) is 81.5 Å². The lowest BCUT2D eigenvalue weighted by Crippen LogP contribution is -1.86. The predicted molar refractivity (Wildman–Crippen MR) is 119 cm³/mol. The summed E-state index contributed by atoms with van der Waals surface area (Å²) in [6.07, 6.45) is 5.34. The van der Waals surface area contributed by atoms with Crippen molar-refractivity contribution in [1.29, 1.82) is 0 Å². The highest BCUT2D eigenvalue weighted by atomic mass is 16.6. The van der Waals surface area contributed by atoms with Crippen LogP contribution in [-0.4, -0.2) is 16.1 Å². The Morgan fingerprint density at radius 2 is 1.87 bits per heavy atom. The van der Waals surface area contributed by atoms with Gasteiger partial charge in [0.15, 0.2) is 5.58 Å². The van der Waals surface area contributed by atoms with E-state index in [1.165, 1.54) is 12.1 Å². The summed E-state index contributed by atoms with van der Waals surface area (Å²) in [5.41, 5.74) is 6.36. The summed E-state index contributed by atoms with van der Waals surface area (Å²) >= 11 is 0. The number of aromatic nitrogens is 1. The highest BCUT2D eigenvalue weighted by Crippen LogP contribution is 2.31. The molecule has 148 valence electrons. The minimum Gasteiger partial charge on any atom is -0.436 e. The molecule has 0 spiro atoms. The number of aryl methyl sites for hydroxylation is 1. The second-order valence-electron chi connectivity index (χ2n) is 6.93. The normalized spacial score (nSPS) is 11.7. The van der Waals surface area contributed by atoms with Crippen molar-refractivity contribution in [1.82, 2.24) is 4.98 Å². The summed E-state index contributed by atoms with van der Waals surface area (Å²) < 4.78 is 5.93. The van der Waals surface area contributed by atoms with Crippen molar-refractivity contribution in [3.63, 3.8) is 0 Å². The van der Waals surface area contributed by atoms with Crippen LogP contribution in [0, 0.1) is 24.0 Å². The molecule has 6 nitrogen and oxygen atoms in total. The lowest BCUT2D eigenvalue weighted by Gasteiger charge is -2.04. The zero-order valence-corrected chi connectivity index (χ0v) is 16.6.